The molecule has 0 saturated carbocycles. The molecule has 0 fully saturated rings. The first-order valence-corrected chi connectivity index (χ1v) is 5.86. The molecule has 6 heteroatoms. The average Bonchev–Trinajstić information content (AvgIpc) is 2.83. The maximum Gasteiger partial charge on any atom is 0.182 e. The number of hydrogen-bond acceptors (Lipinski definition) is 3. The van der Waals surface area contributed by atoms with Gasteiger partial charge in [0.1, 0.15) is 0 Å². The molecule has 4 nitrogen and oxygen atoms in total. The highest BCUT2D eigenvalue weighted by molar-refractivity contribution is 5.77. The number of carbonyl (C=O) groups is 1. The highest BCUT2D eigenvalue weighted by Crippen LogP contribution is 2.20. The smallest absolute Gasteiger partial charge is 0.182 e. The molecule has 3 rings (SSSR count). The molecular weight excluding hydrogens is 264 g/mol. The Morgan fingerprint density at radius 3 is 2.70 bits per heavy atom. The normalized spacial score (nSPS) is 10.9. The Labute approximate surface area is 112 Å². The summed E-state index contributed by atoms with van der Waals surface area (Å²) in [6.45, 7) is 1.79. The summed E-state index contributed by atoms with van der Waals surface area (Å²) in [4.78, 5) is 15.1. The molecule has 0 spiro atoms. The lowest BCUT2D eigenvalue weighted by Crippen LogP contribution is -1.94. The number of nitrogens with zero attached hydrogens (tertiary/aromatic N) is 3. The van der Waals surface area contributed by atoms with E-state index in [2.05, 4.69) is 10.1 Å². The number of aryl methyl sites for hydroxylation is 1. The first-order valence-electron chi connectivity index (χ1n) is 5.86. The minimum Gasteiger partial charge on any atom is -0.298 e. The highest BCUT2D eigenvalue weighted by atomic mass is 19.2. The van der Waals surface area contributed by atoms with Crippen molar-refractivity contribution in [2.45, 2.75) is 6.92 Å². The van der Waals surface area contributed by atoms with Crippen LogP contribution in [0.15, 0.2) is 30.5 Å². The lowest BCUT2D eigenvalue weighted by atomic mass is 10.2. The van der Waals surface area contributed by atoms with Gasteiger partial charge in [0, 0.05) is 17.3 Å². The average molecular weight is 273 g/mol. The van der Waals surface area contributed by atoms with Gasteiger partial charge in [-0.15, -0.1) is 5.10 Å². The van der Waals surface area contributed by atoms with Crippen LogP contribution in [0.5, 0.6) is 0 Å². The summed E-state index contributed by atoms with van der Waals surface area (Å²) in [5.41, 5.74) is 2.18. The number of hydrogen-bond donors (Lipinski definition) is 0. The number of fused-ring (bicyclic) bond motifs is 1. The number of aldehydes is 1. The van der Waals surface area contributed by atoms with Crippen molar-refractivity contribution in [1.29, 1.82) is 0 Å². The number of rotatable bonds is 2. The zero-order valence-electron chi connectivity index (χ0n) is 10.5. The Morgan fingerprint density at radius 1 is 1.20 bits per heavy atom. The Kier molecular flexibility index (Phi) is 2.78. The quantitative estimate of drug-likeness (QED) is 0.674. The van der Waals surface area contributed by atoms with Gasteiger partial charge in [-0.3, -0.25) is 4.79 Å². The van der Waals surface area contributed by atoms with Crippen molar-refractivity contribution in [1.82, 2.24) is 14.6 Å². The van der Waals surface area contributed by atoms with Crippen molar-refractivity contribution in [3.63, 3.8) is 0 Å². The van der Waals surface area contributed by atoms with Crippen LogP contribution in [0.2, 0.25) is 0 Å². The Bertz CT molecular complexity index is 827. The molecule has 3 aromatic rings. The molecule has 2 aromatic heterocycles. The van der Waals surface area contributed by atoms with Crippen LogP contribution in [-0.4, -0.2) is 20.9 Å². The van der Waals surface area contributed by atoms with E-state index < -0.39 is 11.6 Å². The first-order chi connectivity index (χ1) is 9.58. The monoisotopic (exact) mass is 273 g/mol. The van der Waals surface area contributed by atoms with Crippen LogP contribution >= 0.6 is 0 Å². The van der Waals surface area contributed by atoms with Gasteiger partial charge in [-0.05, 0) is 36.8 Å². The van der Waals surface area contributed by atoms with Crippen LogP contribution in [-0.2, 0) is 0 Å². The van der Waals surface area contributed by atoms with Crippen LogP contribution in [0, 0.1) is 18.6 Å². The van der Waals surface area contributed by atoms with Crippen molar-refractivity contribution >= 4 is 11.9 Å². The molecule has 0 amide bonds. The molecule has 0 N–H and O–H groups in total. The predicted molar refractivity (Wildman–Crippen MR) is 68.5 cm³/mol. The fraction of sp³-hybridized carbons (Fsp3) is 0.0714. The third kappa shape index (κ3) is 1.95. The van der Waals surface area contributed by atoms with Gasteiger partial charge in [-0.25, -0.2) is 18.3 Å². The molecule has 0 aliphatic heterocycles. The third-order valence-corrected chi connectivity index (χ3v) is 3.02. The van der Waals surface area contributed by atoms with E-state index in [1.807, 2.05) is 0 Å². The fourth-order valence-electron chi connectivity index (χ4n) is 1.92. The van der Waals surface area contributed by atoms with Crippen molar-refractivity contribution in [3.05, 3.63) is 53.2 Å². The fourth-order valence-corrected chi connectivity index (χ4v) is 1.92. The van der Waals surface area contributed by atoms with Gasteiger partial charge in [-0.1, -0.05) is 0 Å². The number of carbonyl (C=O) groups excluding carboxylic acids is 1. The summed E-state index contributed by atoms with van der Waals surface area (Å²) in [6, 6.07) is 5.18. The van der Waals surface area contributed by atoms with E-state index in [0.717, 1.165) is 24.0 Å². The van der Waals surface area contributed by atoms with E-state index in [4.69, 9.17) is 0 Å². The van der Waals surface area contributed by atoms with Crippen molar-refractivity contribution < 1.29 is 13.6 Å². The maximum absolute atomic E-state index is 13.2. The summed E-state index contributed by atoms with van der Waals surface area (Å²) in [5, 5.41) is 4.16. The van der Waals surface area contributed by atoms with Crippen LogP contribution in [0.1, 0.15) is 15.9 Å². The molecular formula is C14H9F2N3O. The minimum atomic E-state index is -0.953. The van der Waals surface area contributed by atoms with Gasteiger partial charge in [-0.2, -0.15) is 0 Å². The Hall–Kier alpha value is -2.63. The molecule has 0 radical (unpaired) electrons. The molecule has 0 saturated heterocycles. The lowest BCUT2D eigenvalue weighted by Gasteiger charge is -1.97. The number of halogens is 2. The highest BCUT2D eigenvalue weighted by Gasteiger charge is 2.11. The molecule has 1 aromatic carbocycles. The van der Waals surface area contributed by atoms with Gasteiger partial charge in [0.2, 0.25) is 0 Å². The summed E-state index contributed by atoms with van der Waals surface area (Å²) < 4.78 is 27.6. The largest absolute Gasteiger partial charge is 0.298 e. The number of aromatic nitrogens is 3. The van der Waals surface area contributed by atoms with E-state index in [0.29, 0.717) is 16.8 Å². The second-order valence-corrected chi connectivity index (χ2v) is 4.40. The van der Waals surface area contributed by atoms with E-state index in [1.165, 1.54) is 10.6 Å². The standard InChI is InChI=1S/C14H9F2N3O/c1-8-4-13-17-14(18-19(13)6-10(8)7-20)9-2-3-11(15)12(16)5-9/h2-7H,1H3. The van der Waals surface area contributed by atoms with Crippen LogP contribution in [0.3, 0.4) is 0 Å². The van der Waals surface area contributed by atoms with Gasteiger partial charge in [0.15, 0.2) is 29.4 Å². The zero-order valence-corrected chi connectivity index (χ0v) is 10.5. The topological polar surface area (TPSA) is 47.3 Å². The zero-order chi connectivity index (χ0) is 14.3. The van der Waals surface area contributed by atoms with Crippen LogP contribution in [0.4, 0.5) is 8.78 Å². The molecule has 0 aliphatic carbocycles. The minimum absolute atomic E-state index is 0.270. The Morgan fingerprint density at radius 2 is 2.00 bits per heavy atom. The van der Waals surface area contributed by atoms with Gasteiger partial charge in [0.25, 0.3) is 0 Å². The second-order valence-electron chi connectivity index (χ2n) is 4.40. The predicted octanol–water partition coefficient (Wildman–Crippen LogP) is 2.80. The summed E-state index contributed by atoms with van der Waals surface area (Å²) in [7, 11) is 0. The van der Waals surface area contributed by atoms with Crippen molar-refractivity contribution in [2.24, 2.45) is 0 Å². The van der Waals surface area contributed by atoms with Crippen LogP contribution in [0.25, 0.3) is 17.0 Å². The molecule has 0 unspecified atom stereocenters. The Balaban J connectivity index is 2.17. The van der Waals surface area contributed by atoms with E-state index >= 15 is 0 Å². The summed E-state index contributed by atoms with van der Waals surface area (Å²) in [5.74, 6) is -1.60. The number of pyridine rings is 1. The molecule has 0 atom stereocenters. The van der Waals surface area contributed by atoms with E-state index in [9.17, 15) is 13.6 Å². The van der Waals surface area contributed by atoms with Crippen molar-refractivity contribution in [3.8, 4) is 11.4 Å². The van der Waals surface area contributed by atoms with Crippen molar-refractivity contribution in [2.75, 3.05) is 0 Å². The van der Waals surface area contributed by atoms with Gasteiger partial charge >= 0.3 is 0 Å². The SMILES string of the molecule is Cc1cc2nc(-c3ccc(F)c(F)c3)nn2cc1C=O. The third-order valence-electron chi connectivity index (χ3n) is 3.02. The van der Waals surface area contributed by atoms with E-state index in [-0.39, 0.29) is 5.82 Å². The van der Waals surface area contributed by atoms with Gasteiger partial charge < -0.3 is 0 Å². The molecule has 100 valence electrons. The van der Waals surface area contributed by atoms with Gasteiger partial charge in [0.05, 0.1) is 0 Å². The molecule has 0 aliphatic rings. The lowest BCUT2D eigenvalue weighted by molar-refractivity contribution is 0.112. The second kappa shape index (κ2) is 4.48. The number of benzene rings is 1. The molecule has 0 bridgehead atoms. The maximum atomic E-state index is 13.2. The van der Waals surface area contributed by atoms with E-state index in [1.54, 1.807) is 19.2 Å². The molecule has 2 heterocycles. The first kappa shape index (κ1) is 12.4. The molecule has 20 heavy (non-hydrogen) atoms. The summed E-state index contributed by atoms with van der Waals surface area (Å²) >= 11 is 0. The van der Waals surface area contributed by atoms with Crippen LogP contribution < -0.4 is 0 Å². The summed E-state index contributed by atoms with van der Waals surface area (Å²) in [6.07, 6.45) is 2.28.